The maximum absolute atomic E-state index is 14.8. The van der Waals surface area contributed by atoms with Gasteiger partial charge in [0.15, 0.2) is 11.7 Å². The van der Waals surface area contributed by atoms with Crippen LogP contribution in [-0.4, -0.2) is 94.2 Å². The van der Waals surface area contributed by atoms with Gasteiger partial charge in [0.05, 0.1) is 30.2 Å². The van der Waals surface area contributed by atoms with E-state index in [-0.39, 0.29) is 55.7 Å². The van der Waals surface area contributed by atoms with E-state index in [1.165, 1.54) is 22.0 Å². The summed E-state index contributed by atoms with van der Waals surface area (Å²) < 4.78 is 48.0. The fourth-order valence-electron chi connectivity index (χ4n) is 4.77. The molecule has 0 spiro atoms. The summed E-state index contributed by atoms with van der Waals surface area (Å²) in [6, 6.07) is 8.83. The smallest absolute Gasteiger partial charge is 0.365 e. The second-order valence-corrected chi connectivity index (χ2v) is 10.1. The zero-order valence-corrected chi connectivity index (χ0v) is 20.5. The fourth-order valence-corrected chi connectivity index (χ4v) is 5.65. The quantitative estimate of drug-likeness (QED) is 0.459. The van der Waals surface area contributed by atoms with Crippen LogP contribution in [0, 0.1) is 5.82 Å². The average Bonchev–Trinajstić information content (AvgIpc) is 3.68. The maximum atomic E-state index is 14.8. The second-order valence-electron chi connectivity index (χ2n) is 8.81. The summed E-state index contributed by atoms with van der Waals surface area (Å²) >= 11 is 0. The van der Waals surface area contributed by atoms with Crippen molar-refractivity contribution in [1.82, 2.24) is 29.8 Å². The molecule has 3 aromatic rings. The molecule has 38 heavy (non-hydrogen) atoms. The van der Waals surface area contributed by atoms with Crippen molar-refractivity contribution in [2.45, 2.75) is 5.92 Å². The first-order valence-corrected chi connectivity index (χ1v) is 13.1. The number of piperazine rings is 1. The summed E-state index contributed by atoms with van der Waals surface area (Å²) in [5.41, 5.74) is 1.20. The lowest BCUT2D eigenvalue weighted by molar-refractivity contribution is -0.146. The molecule has 1 atom stereocenters. The number of hydrogen-bond acceptors (Lipinski definition) is 9. The van der Waals surface area contributed by atoms with Gasteiger partial charge in [-0.15, -0.1) is 13.9 Å². The molecule has 0 radical (unpaired) electrons. The zero-order valence-electron chi connectivity index (χ0n) is 19.7. The second kappa shape index (κ2) is 9.09. The van der Waals surface area contributed by atoms with Crippen LogP contribution in [0.2, 0.25) is 0 Å². The van der Waals surface area contributed by atoms with E-state index >= 15 is 0 Å². The van der Waals surface area contributed by atoms with Crippen LogP contribution in [0.3, 0.4) is 0 Å². The summed E-state index contributed by atoms with van der Waals surface area (Å²) in [5.74, 6) is -2.72. The van der Waals surface area contributed by atoms with Gasteiger partial charge in [0.1, 0.15) is 11.5 Å². The summed E-state index contributed by atoms with van der Waals surface area (Å²) in [4.78, 5) is 33.5. The molecule has 1 unspecified atom stereocenters. The van der Waals surface area contributed by atoms with Crippen LogP contribution in [0.4, 0.5) is 10.1 Å². The van der Waals surface area contributed by atoms with Crippen LogP contribution < -0.4 is 5.32 Å². The predicted molar refractivity (Wildman–Crippen MR) is 133 cm³/mol. The number of carbonyl (C=O) groups excluding carboxylic acids is 2. The molecule has 2 aromatic heterocycles. The van der Waals surface area contributed by atoms with E-state index in [1.54, 1.807) is 29.2 Å². The van der Waals surface area contributed by atoms with E-state index in [1.807, 2.05) is 6.07 Å². The monoisotopic (exact) mass is 537 g/mol. The highest BCUT2D eigenvalue weighted by Gasteiger charge is 2.40. The number of rotatable bonds is 4. The molecular weight excluding hydrogens is 517 g/mol. The third kappa shape index (κ3) is 4.09. The van der Waals surface area contributed by atoms with Crippen molar-refractivity contribution < 1.29 is 22.4 Å². The van der Waals surface area contributed by atoms with Gasteiger partial charge in [-0.25, -0.2) is 14.1 Å². The number of ketones is 1. The van der Waals surface area contributed by atoms with Crippen molar-refractivity contribution in [3.63, 3.8) is 0 Å². The lowest BCUT2D eigenvalue weighted by atomic mass is 9.96. The minimum absolute atomic E-state index is 0.0374. The molecule has 0 bridgehead atoms. The molecule has 194 valence electrons. The standard InChI is InChI=1S/C23H20FN9O4S/c24-16-13-26-21(33-7-6-27-30-33)19-17(16)15(12-25-19)20(34)23(35)32-10-8-31(9-11-32)22-18(28-38(36,37)29-22)14-4-2-1-3-5-14/h1-7,13,15,25H,8-12H2. The summed E-state index contributed by atoms with van der Waals surface area (Å²) in [6.07, 6.45) is 3.98. The Morgan fingerprint density at radius 2 is 1.82 bits per heavy atom. The number of halogens is 1. The van der Waals surface area contributed by atoms with Gasteiger partial charge >= 0.3 is 10.2 Å². The minimum atomic E-state index is -4.01. The molecule has 3 aliphatic heterocycles. The van der Waals surface area contributed by atoms with Crippen LogP contribution >= 0.6 is 0 Å². The van der Waals surface area contributed by atoms with E-state index in [0.29, 0.717) is 11.3 Å². The Kier molecular flexibility index (Phi) is 5.71. The van der Waals surface area contributed by atoms with Crippen LogP contribution in [-0.2, 0) is 19.8 Å². The predicted octanol–water partition coefficient (Wildman–Crippen LogP) is 0.170. The molecule has 1 fully saturated rings. The van der Waals surface area contributed by atoms with Gasteiger partial charge < -0.3 is 15.1 Å². The number of benzene rings is 1. The molecule has 13 nitrogen and oxygen atoms in total. The maximum Gasteiger partial charge on any atom is 0.365 e. The Labute approximate surface area is 215 Å². The molecule has 0 aliphatic carbocycles. The molecule has 6 rings (SSSR count). The first-order valence-electron chi connectivity index (χ1n) is 11.7. The van der Waals surface area contributed by atoms with Crippen LogP contribution in [0.5, 0.6) is 0 Å². The van der Waals surface area contributed by atoms with Crippen molar-refractivity contribution >= 4 is 39.1 Å². The van der Waals surface area contributed by atoms with Gasteiger partial charge in [0.25, 0.3) is 5.91 Å². The number of hydrogen-bond donors (Lipinski definition) is 1. The molecule has 5 heterocycles. The highest BCUT2D eigenvalue weighted by molar-refractivity contribution is 7.89. The van der Waals surface area contributed by atoms with E-state index in [0.717, 1.165) is 6.20 Å². The van der Waals surface area contributed by atoms with E-state index in [2.05, 4.69) is 29.4 Å². The Morgan fingerprint density at radius 1 is 1.05 bits per heavy atom. The number of carbonyl (C=O) groups is 2. The molecule has 1 saturated heterocycles. The topological polar surface area (TPSA) is 155 Å². The Hall–Kier alpha value is -4.53. The minimum Gasteiger partial charge on any atom is -0.381 e. The summed E-state index contributed by atoms with van der Waals surface area (Å²) in [5, 5.41) is 10.6. The van der Waals surface area contributed by atoms with Crippen LogP contribution in [0.15, 0.2) is 57.7 Å². The number of aromatic nitrogens is 4. The number of amidine groups is 1. The largest absolute Gasteiger partial charge is 0.381 e. The summed E-state index contributed by atoms with van der Waals surface area (Å²) in [6.45, 7) is 0.833. The highest BCUT2D eigenvalue weighted by atomic mass is 32.2. The van der Waals surface area contributed by atoms with Gasteiger partial charge in [-0.05, 0) is 0 Å². The SMILES string of the molecule is O=C(C(=O)N1CCN(C2=NS(=O)(=O)N=C2c2ccccc2)CC1)C1CNc2c(-n3ccnn3)ncc(F)c21. The normalized spacial score (nSPS) is 20.0. The van der Waals surface area contributed by atoms with Gasteiger partial charge in [-0.2, -0.15) is 8.42 Å². The van der Waals surface area contributed by atoms with Crippen molar-refractivity contribution in [3.05, 3.63) is 65.9 Å². The van der Waals surface area contributed by atoms with E-state index in [9.17, 15) is 22.4 Å². The van der Waals surface area contributed by atoms with E-state index in [4.69, 9.17) is 0 Å². The number of nitrogens with one attached hydrogen (secondary N) is 1. The van der Waals surface area contributed by atoms with Crippen LogP contribution in [0.1, 0.15) is 17.0 Å². The van der Waals surface area contributed by atoms with Crippen molar-refractivity contribution in [3.8, 4) is 5.82 Å². The van der Waals surface area contributed by atoms with Crippen LogP contribution in [0.25, 0.3) is 5.82 Å². The third-order valence-electron chi connectivity index (χ3n) is 6.58. The molecule has 1 aromatic carbocycles. The zero-order chi connectivity index (χ0) is 26.4. The Morgan fingerprint density at radius 3 is 2.53 bits per heavy atom. The van der Waals surface area contributed by atoms with Gasteiger partial charge in [0.2, 0.25) is 5.78 Å². The van der Waals surface area contributed by atoms with Crippen molar-refractivity contribution in [1.29, 1.82) is 0 Å². The van der Waals surface area contributed by atoms with E-state index < -0.39 is 33.6 Å². The molecular formula is C23H20FN9O4S. The first kappa shape index (κ1) is 23.8. The Balaban J connectivity index is 1.17. The first-order chi connectivity index (χ1) is 18.3. The number of fused-ring (bicyclic) bond motifs is 1. The number of amides is 1. The van der Waals surface area contributed by atoms with Gasteiger partial charge in [-0.1, -0.05) is 35.5 Å². The van der Waals surface area contributed by atoms with Gasteiger partial charge in [-0.3, -0.25) is 9.59 Å². The molecule has 0 saturated carbocycles. The van der Waals surface area contributed by atoms with Gasteiger partial charge in [0, 0.05) is 43.9 Å². The fraction of sp³-hybridized carbons (Fsp3) is 0.261. The third-order valence-corrected chi connectivity index (χ3v) is 7.40. The number of Topliss-reactive ketones (excluding diaryl/α,β-unsaturated/α-hetero) is 1. The molecule has 15 heteroatoms. The number of pyridine rings is 1. The number of anilines is 1. The number of nitrogens with zero attached hydrogens (tertiary/aromatic N) is 8. The molecule has 3 aliphatic rings. The Bertz CT molecular complexity index is 1600. The lowest BCUT2D eigenvalue weighted by Gasteiger charge is -2.35. The lowest BCUT2D eigenvalue weighted by Crippen LogP contribution is -2.53. The van der Waals surface area contributed by atoms with Crippen molar-refractivity contribution in [2.75, 3.05) is 38.0 Å². The van der Waals surface area contributed by atoms with Crippen molar-refractivity contribution in [2.24, 2.45) is 8.80 Å². The summed E-state index contributed by atoms with van der Waals surface area (Å²) in [7, 11) is -4.01. The molecule has 1 amide bonds. The molecule has 1 N–H and O–H groups in total. The highest BCUT2D eigenvalue weighted by Crippen LogP contribution is 2.37. The average molecular weight is 538 g/mol.